The van der Waals surface area contributed by atoms with Crippen LogP contribution in [0.25, 0.3) is 0 Å². The molecule has 0 aromatic rings. The molecule has 110 valence electrons. The van der Waals surface area contributed by atoms with Gasteiger partial charge in [-0.2, -0.15) is 13.2 Å². The van der Waals surface area contributed by atoms with Crippen LogP contribution in [-0.4, -0.2) is 55.9 Å². The van der Waals surface area contributed by atoms with Gasteiger partial charge in [0.1, 0.15) is 6.04 Å². The number of ether oxygens (including phenoxy) is 1. The molecule has 0 aliphatic carbocycles. The van der Waals surface area contributed by atoms with E-state index in [9.17, 15) is 18.0 Å². The Balaban J connectivity index is 1.87. The van der Waals surface area contributed by atoms with Gasteiger partial charge in [-0.3, -0.25) is 9.69 Å². The maximum atomic E-state index is 12.7. The second kappa shape index (κ2) is 4.94. The van der Waals surface area contributed by atoms with Crippen LogP contribution >= 0.6 is 0 Å². The van der Waals surface area contributed by atoms with Gasteiger partial charge in [-0.25, -0.2) is 0 Å². The van der Waals surface area contributed by atoms with Gasteiger partial charge in [-0.15, -0.1) is 0 Å². The number of rotatable bonds is 2. The summed E-state index contributed by atoms with van der Waals surface area (Å²) in [6.45, 7) is 2.79. The molecule has 2 aliphatic heterocycles. The molecule has 1 N–H and O–H groups in total. The molecule has 2 saturated heterocycles. The predicted molar refractivity (Wildman–Crippen MR) is 62.6 cm³/mol. The summed E-state index contributed by atoms with van der Waals surface area (Å²) in [5.41, 5.74) is -0.514. The Morgan fingerprint density at radius 1 is 1.37 bits per heavy atom. The van der Waals surface area contributed by atoms with Gasteiger partial charge in [-0.05, 0) is 26.8 Å². The van der Waals surface area contributed by atoms with E-state index in [0.717, 1.165) is 0 Å². The first-order valence-electron chi connectivity index (χ1n) is 6.38. The number of amides is 1. The van der Waals surface area contributed by atoms with E-state index in [0.29, 0.717) is 19.6 Å². The van der Waals surface area contributed by atoms with Gasteiger partial charge in [-0.1, -0.05) is 0 Å². The SMILES string of the molecule is CN1C[C@H](NC(=O)C2(C)COC2)CC[C@H]1C(F)(F)F. The van der Waals surface area contributed by atoms with E-state index in [1.54, 1.807) is 6.92 Å². The van der Waals surface area contributed by atoms with Crippen molar-refractivity contribution in [1.29, 1.82) is 0 Å². The first-order valence-corrected chi connectivity index (χ1v) is 6.38. The predicted octanol–water partition coefficient (Wildman–Crippen LogP) is 1.16. The minimum Gasteiger partial charge on any atom is -0.379 e. The number of hydrogen-bond donors (Lipinski definition) is 1. The van der Waals surface area contributed by atoms with Crippen LogP contribution in [0, 0.1) is 5.41 Å². The van der Waals surface area contributed by atoms with Gasteiger partial charge >= 0.3 is 6.18 Å². The molecule has 2 atom stereocenters. The molecule has 0 spiro atoms. The highest BCUT2D eigenvalue weighted by atomic mass is 19.4. The summed E-state index contributed by atoms with van der Waals surface area (Å²) >= 11 is 0. The van der Waals surface area contributed by atoms with E-state index in [2.05, 4.69) is 5.32 Å². The van der Waals surface area contributed by atoms with E-state index in [-0.39, 0.29) is 24.9 Å². The Hall–Kier alpha value is -0.820. The number of carbonyl (C=O) groups is 1. The molecule has 0 aromatic heterocycles. The summed E-state index contributed by atoms with van der Waals surface area (Å²) < 4.78 is 43.1. The van der Waals surface area contributed by atoms with Gasteiger partial charge in [0.15, 0.2) is 0 Å². The molecule has 0 saturated carbocycles. The number of likely N-dealkylation sites (N-methyl/N-ethyl adjacent to an activating group) is 1. The molecular weight excluding hydrogens is 261 g/mol. The minimum absolute atomic E-state index is 0.0260. The van der Waals surface area contributed by atoms with E-state index in [1.165, 1.54) is 11.9 Å². The Morgan fingerprint density at radius 2 is 2.00 bits per heavy atom. The second-order valence-electron chi connectivity index (χ2n) is 5.80. The van der Waals surface area contributed by atoms with Crippen LogP contribution in [0.2, 0.25) is 0 Å². The number of carbonyl (C=O) groups excluding carboxylic acids is 1. The lowest BCUT2D eigenvalue weighted by molar-refractivity contribution is -0.189. The van der Waals surface area contributed by atoms with Gasteiger partial charge in [0.2, 0.25) is 5.91 Å². The van der Waals surface area contributed by atoms with Gasteiger partial charge < -0.3 is 10.1 Å². The number of piperidine rings is 1. The molecule has 2 aliphatic rings. The second-order valence-corrected chi connectivity index (χ2v) is 5.80. The molecule has 1 amide bonds. The number of likely N-dealkylation sites (tertiary alicyclic amines) is 1. The molecule has 0 radical (unpaired) electrons. The molecule has 0 bridgehead atoms. The molecule has 4 nitrogen and oxygen atoms in total. The topological polar surface area (TPSA) is 41.6 Å². The molecule has 0 unspecified atom stereocenters. The third-order valence-corrected chi connectivity index (χ3v) is 3.93. The summed E-state index contributed by atoms with van der Waals surface area (Å²) in [6, 6.07) is -1.61. The maximum absolute atomic E-state index is 12.7. The van der Waals surface area contributed by atoms with Crippen molar-refractivity contribution in [2.75, 3.05) is 26.8 Å². The Bertz CT molecular complexity index is 355. The Labute approximate surface area is 110 Å². The van der Waals surface area contributed by atoms with Gasteiger partial charge in [0, 0.05) is 12.6 Å². The monoisotopic (exact) mass is 280 g/mol. The normalized spacial score (nSPS) is 31.6. The van der Waals surface area contributed by atoms with E-state index in [4.69, 9.17) is 4.74 Å². The zero-order valence-electron chi connectivity index (χ0n) is 11.1. The molecule has 2 heterocycles. The highest BCUT2D eigenvalue weighted by Crippen LogP contribution is 2.32. The van der Waals surface area contributed by atoms with Crippen molar-refractivity contribution in [3.05, 3.63) is 0 Å². The standard InChI is InChI=1S/C12H19F3N2O2/c1-11(6-19-7-11)10(18)16-8-3-4-9(12(13,14)15)17(2)5-8/h8-9H,3-7H2,1-2H3,(H,16,18)/t8-,9+/m1/s1. The number of halogens is 3. The van der Waals surface area contributed by atoms with Crippen LogP contribution in [0.1, 0.15) is 19.8 Å². The van der Waals surface area contributed by atoms with Gasteiger partial charge in [0.25, 0.3) is 0 Å². The zero-order valence-corrected chi connectivity index (χ0v) is 11.1. The fourth-order valence-electron chi connectivity index (χ4n) is 2.58. The zero-order chi connectivity index (χ0) is 14.3. The molecular formula is C12H19F3N2O2. The highest BCUT2D eigenvalue weighted by molar-refractivity contribution is 5.83. The van der Waals surface area contributed by atoms with Crippen molar-refractivity contribution in [1.82, 2.24) is 10.2 Å². The summed E-state index contributed by atoms with van der Waals surface area (Å²) in [6.07, 6.45) is -3.81. The summed E-state index contributed by atoms with van der Waals surface area (Å²) in [5.74, 6) is -0.123. The van der Waals surface area contributed by atoms with E-state index in [1.807, 2.05) is 0 Å². The first-order chi connectivity index (χ1) is 8.72. The van der Waals surface area contributed by atoms with Crippen molar-refractivity contribution < 1.29 is 22.7 Å². The van der Waals surface area contributed by atoms with Crippen LogP contribution in [-0.2, 0) is 9.53 Å². The number of hydrogen-bond acceptors (Lipinski definition) is 3. The van der Waals surface area contributed by atoms with Crippen LogP contribution < -0.4 is 5.32 Å². The van der Waals surface area contributed by atoms with Crippen LogP contribution in [0.15, 0.2) is 0 Å². The van der Waals surface area contributed by atoms with Crippen molar-refractivity contribution in [3.63, 3.8) is 0 Å². The summed E-state index contributed by atoms with van der Waals surface area (Å²) in [4.78, 5) is 13.2. The smallest absolute Gasteiger partial charge is 0.379 e. The summed E-state index contributed by atoms with van der Waals surface area (Å²) in [5, 5.41) is 2.84. The quantitative estimate of drug-likeness (QED) is 0.825. The van der Waals surface area contributed by atoms with Crippen LogP contribution in [0.3, 0.4) is 0 Å². The van der Waals surface area contributed by atoms with E-state index >= 15 is 0 Å². The lowest BCUT2D eigenvalue weighted by atomic mass is 9.86. The van der Waals surface area contributed by atoms with Crippen LogP contribution in [0.5, 0.6) is 0 Å². The molecule has 2 rings (SSSR count). The fraction of sp³-hybridized carbons (Fsp3) is 0.917. The molecule has 0 aromatic carbocycles. The average molecular weight is 280 g/mol. The third kappa shape index (κ3) is 3.02. The lowest BCUT2D eigenvalue weighted by Crippen LogP contribution is -2.59. The average Bonchev–Trinajstić information content (AvgIpc) is 2.24. The number of alkyl halides is 3. The molecule has 2 fully saturated rings. The van der Waals surface area contributed by atoms with Crippen molar-refractivity contribution >= 4 is 5.91 Å². The van der Waals surface area contributed by atoms with E-state index < -0.39 is 17.6 Å². The molecule has 19 heavy (non-hydrogen) atoms. The molecule has 7 heteroatoms. The maximum Gasteiger partial charge on any atom is 0.404 e. The van der Waals surface area contributed by atoms with Crippen molar-refractivity contribution in [3.8, 4) is 0 Å². The highest BCUT2D eigenvalue weighted by Gasteiger charge is 2.46. The summed E-state index contributed by atoms with van der Waals surface area (Å²) in [7, 11) is 1.45. The Kier molecular flexibility index (Phi) is 3.79. The van der Waals surface area contributed by atoms with Gasteiger partial charge in [0.05, 0.1) is 18.6 Å². The Morgan fingerprint density at radius 3 is 2.42 bits per heavy atom. The third-order valence-electron chi connectivity index (χ3n) is 3.93. The first kappa shape index (κ1) is 14.6. The van der Waals surface area contributed by atoms with Crippen molar-refractivity contribution in [2.24, 2.45) is 5.41 Å². The lowest BCUT2D eigenvalue weighted by Gasteiger charge is -2.41. The largest absolute Gasteiger partial charge is 0.404 e. The fourth-order valence-corrected chi connectivity index (χ4v) is 2.58. The van der Waals surface area contributed by atoms with Crippen LogP contribution in [0.4, 0.5) is 13.2 Å². The number of nitrogens with one attached hydrogen (secondary N) is 1. The van der Waals surface area contributed by atoms with Crippen molar-refractivity contribution in [2.45, 2.75) is 38.0 Å². The number of nitrogens with zero attached hydrogens (tertiary/aromatic N) is 1. The minimum atomic E-state index is -4.20.